The standard InChI is InChI=1S/Cr.2HI.O/h;2*1H;. The van der Waals surface area contributed by atoms with Crippen LogP contribution in [-0.4, -0.2) is 0 Å². The second kappa shape index (κ2) is 21.5. The van der Waals surface area contributed by atoms with Gasteiger partial charge in [0.05, 0.1) is 0 Å². The van der Waals surface area contributed by atoms with E-state index >= 15 is 0 Å². The van der Waals surface area contributed by atoms with E-state index in [-0.39, 0.29) is 48.0 Å². The Labute approximate surface area is 67.2 Å². The molecule has 1 nitrogen and oxygen atoms in total. The molecule has 0 aliphatic rings. The fourth-order valence-corrected chi connectivity index (χ4v) is 0. The summed E-state index contributed by atoms with van der Waals surface area (Å²) in [6, 6.07) is 0. The molecule has 4 heavy (non-hydrogen) atoms. The zero-order valence-electron chi connectivity index (χ0n) is 1.63. The van der Waals surface area contributed by atoms with Crippen LogP contribution in [0, 0.1) is 0 Å². The van der Waals surface area contributed by atoms with E-state index in [1.54, 1.807) is 0 Å². The first kappa shape index (κ1) is 17.1. The SMILES string of the molecule is I.I.[O]=[Cr]. The van der Waals surface area contributed by atoms with E-state index in [1.165, 1.54) is 16.2 Å². The van der Waals surface area contributed by atoms with Gasteiger partial charge in [0.2, 0.25) is 0 Å². The van der Waals surface area contributed by atoms with Crippen molar-refractivity contribution in [2.24, 2.45) is 0 Å². The molecule has 0 atom stereocenters. The molecule has 0 saturated heterocycles. The third kappa shape index (κ3) is 9.20. The van der Waals surface area contributed by atoms with E-state index in [1.807, 2.05) is 0 Å². The number of rotatable bonds is 0. The first-order valence-corrected chi connectivity index (χ1v) is 0.687. The summed E-state index contributed by atoms with van der Waals surface area (Å²) in [5.41, 5.74) is 0. The van der Waals surface area contributed by atoms with Gasteiger partial charge in [-0.3, -0.25) is 0 Å². The van der Waals surface area contributed by atoms with Crippen molar-refractivity contribution in [3.05, 3.63) is 0 Å². The molecule has 0 aliphatic heterocycles. The number of hydrogen-bond acceptors (Lipinski definition) is 1. The molecule has 0 rings (SSSR count). The fourth-order valence-electron chi connectivity index (χ4n) is 0. The molecule has 0 saturated carbocycles. The van der Waals surface area contributed by atoms with Crippen molar-refractivity contribution in [3.8, 4) is 0 Å². The van der Waals surface area contributed by atoms with Gasteiger partial charge in [-0.05, 0) is 0 Å². The second-order valence-corrected chi connectivity index (χ2v) is 0. The Balaban J connectivity index is -0.00000000500. The Morgan fingerprint density at radius 3 is 1.00 bits per heavy atom. The van der Waals surface area contributed by atoms with Gasteiger partial charge in [0, 0.05) is 0 Å². The summed E-state index contributed by atoms with van der Waals surface area (Å²) in [4.78, 5) is 0. The van der Waals surface area contributed by atoms with Gasteiger partial charge in [-0.1, -0.05) is 0 Å². The topological polar surface area (TPSA) is 17.1 Å². The maximum absolute atomic E-state index is 8.12. The van der Waals surface area contributed by atoms with Gasteiger partial charge in [0.15, 0.2) is 0 Å². The molecule has 0 spiro atoms. The molecule has 0 aliphatic carbocycles. The third-order valence-electron chi connectivity index (χ3n) is 0. The van der Waals surface area contributed by atoms with E-state index in [2.05, 4.69) is 0 Å². The van der Waals surface area contributed by atoms with Gasteiger partial charge in [-0.15, -0.1) is 48.0 Å². The van der Waals surface area contributed by atoms with Crippen LogP contribution >= 0.6 is 48.0 Å². The van der Waals surface area contributed by atoms with E-state index in [0.717, 1.165) is 0 Å². The summed E-state index contributed by atoms with van der Waals surface area (Å²) >= 11 is 1.38. The molecular weight excluding hydrogens is 322 g/mol. The molecule has 0 fully saturated rings. The second-order valence-electron chi connectivity index (χ2n) is 0. The average molecular weight is 324 g/mol. The summed E-state index contributed by atoms with van der Waals surface area (Å²) < 4.78 is 8.12. The van der Waals surface area contributed by atoms with Crippen molar-refractivity contribution in [1.29, 1.82) is 0 Å². The predicted molar refractivity (Wildman–Crippen MR) is 31.5 cm³/mol. The van der Waals surface area contributed by atoms with Crippen LogP contribution in [0.25, 0.3) is 0 Å². The van der Waals surface area contributed by atoms with Crippen molar-refractivity contribution in [2.45, 2.75) is 0 Å². The molecule has 0 aromatic carbocycles. The summed E-state index contributed by atoms with van der Waals surface area (Å²) in [5.74, 6) is 0. The summed E-state index contributed by atoms with van der Waals surface area (Å²) in [5, 5.41) is 0. The van der Waals surface area contributed by atoms with Crippen LogP contribution in [-0.2, 0) is 20.0 Å². The van der Waals surface area contributed by atoms with Crippen LogP contribution in [0.5, 0.6) is 0 Å². The summed E-state index contributed by atoms with van der Waals surface area (Å²) in [6.07, 6.45) is 0. The van der Waals surface area contributed by atoms with Gasteiger partial charge in [-0.25, -0.2) is 0 Å². The summed E-state index contributed by atoms with van der Waals surface area (Å²) in [6.45, 7) is 0. The van der Waals surface area contributed by atoms with Crippen LogP contribution < -0.4 is 0 Å². The van der Waals surface area contributed by atoms with Crippen molar-refractivity contribution in [1.82, 2.24) is 0 Å². The van der Waals surface area contributed by atoms with Crippen LogP contribution in [0.2, 0.25) is 0 Å². The van der Waals surface area contributed by atoms with Crippen molar-refractivity contribution in [2.75, 3.05) is 0 Å². The minimum absolute atomic E-state index is 0. The Hall–Kier alpha value is 1.79. The van der Waals surface area contributed by atoms with Gasteiger partial charge >= 0.3 is 20.0 Å². The van der Waals surface area contributed by atoms with Gasteiger partial charge in [0.1, 0.15) is 0 Å². The van der Waals surface area contributed by atoms with Gasteiger partial charge in [-0.2, -0.15) is 0 Å². The zero-order valence-corrected chi connectivity index (χ0v) is 7.57. The molecule has 0 heterocycles. The molecule has 0 amide bonds. The third-order valence-corrected chi connectivity index (χ3v) is 0. The molecule has 0 aromatic rings. The zero-order chi connectivity index (χ0) is 2.00. The molecule has 0 radical (unpaired) electrons. The summed E-state index contributed by atoms with van der Waals surface area (Å²) in [7, 11) is 0. The molecular formula is H2CrI2O. The Kier molecular flexibility index (Phi) is 91.5. The van der Waals surface area contributed by atoms with E-state index in [9.17, 15) is 0 Å². The maximum atomic E-state index is 8.12. The van der Waals surface area contributed by atoms with Crippen molar-refractivity contribution < 1.29 is 20.0 Å². The number of hydrogen-bond donors (Lipinski definition) is 0. The average Bonchev–Trinajstić information content (AvgIpc) is 1.00. The normalized spacial score (nSPS) is 1.00. The molecule has 0 aromatic heterocycles. The Morgan fingerprint density at radius 2 is 1.00 bits per heavy atom. The van der Waals surface area contributed by atoms with E-state index < -0.39 is 0 Å². The van der Waals surface area contributed by atoms with Crippen molar-refractivity contribution >= 4 is 48.0 Å². The molecule has 0 N–H and O–H groups in total. The first-order chi connectivity index (χ1) is 1.00. The Morgan fingerprint density at radius 1 is 1.00 bits per heavy atom. The number of halogens is 2. The van der Waals surface area contributed by atoms with Crippen LogP contribution in [0.4, 0.5) is 0 Å². The van der Waals surface area contributed by atoms with Crippen LogP contribution in [0.15, 0.2) is 0 Å². The molecule has 4 heteroatoms. The fraction of sp³-hybridized carbons (Fsp3) is 0. The first-order valence-electron chi connectivity index (χ1n) is 0.167. The molecule has 0 bridgehead atoms. The van der Waals surface area contributed by atoms with Crippen LogP contribution in [0.3, 0.4) is 0 Å². The quantitative estimate of drug-likeness (QED) is 0.611. The predicted octanol–water partition coefficient (Wildman–Crippen LogP) is 1.11. The molecule has 0 unspecified atom stereocenters. The Bertz CT molecular complexity index is 6.00. The monoisotopic (exact) mass is 324 g/mol. The van der Waals surface area contributed by atoms with Gasteiger partial charge < -0.3 is 0 Å². The van der Waals surface area contributed by atoms with E-state index in [0.29, 0.717) is 0 Å². The van der Waals surface area contributed by atoms with Crippen molar-refractivity contribution in [3.63, 3.8) is 0 Å². The minimum atomic E-state index is 0. The van der Waals surface area contributed by atoms with E-state index in [4.69, 9.17) is 3.80 Å². The molecule has 28 valence electrons. The van der Waals surface area contributed by atoms with Gasteiger partial charge in [0.25, 0.3) is 0 Å². The van der Waals surface area contributed by atoms with Crippen LogP contribution in [0.1, 0.15) is 0 Å².